The van der Waals surface area contributed by atoms with Gasteiger partial charge in [0.25, 0.3) is 5.91 Å². The predicted octanol–water partition coefficient (Wildman–Crippen LogP) is 5.36. The first-order chi connectivity index (χ1) is 15.8. The summed E-state index contributed by atoms with van der Waals surface area (Å²) in [4.78, 5) is 23.8. The van der Waals surface area contributed by atoms with Gasteiger partial charge in [-0.15, -0.1) is 0 Å². The minimum Gasteiger partial charge on any atom is -0.496 e. The maximum absolute atomic E-state index is 12.7. The van der Waals surface area contributed by atoms with Gasteiger partial charge in [0, 0.05) is 12.1 Å². The molecule has 0 fully saturated rings. The zero-order valence-electron chi connectivity index (χ0n) is 18.7. The van der Waals surface area contributed by atoms with Gasteiger partial charge >= 0.3 is 5.97 Å². The Balaban J connectivity index is 1.78. The Morgan fingerprint density at radius 3 is 2.45 bits per heavy atom. The molecule has 0 unspecified atom stereocenters. The molecule has 0 atom stereocenters. The number of amides is 1. The summed E-state index contributed by atoms with van der Waals surface area (Å²) in [6.07, 6.45) is -0.0420. The number of hydrogen-bond acceptors (Lipinski definition) is 4. The van der Waals surface area contributed by atoms with Gasteiger partial charge in [-0.25, -0.2) is 0 Å². The number of ether oxygens (including phenoxy) is 2. The number of rotatable bonds is 9. The number of carboxylic acids is 1. The Morgan fingerprint density at radius 2 is 1.79 bits per heavy atom. The molecule has 0 aliphatic heterocycles. The van der Waals surface area contributed by atoms with Crippen molar-refractivity contribution in [2.24, 2.45) is 0 Å². The molecule has 7 heteroatoms. The fourth-order valence-corrected chi connectivity index (χ4v) is 3.68. The van der Waals surface area contributed by atoms with E-state index in [-0.39, 0.29) is 25.0 Å². The lowest BCUT2D eigenvalue weighted by molar-refractivity contribution is -0.136. The second kappa shape index (κ2) is 10.9. The maximum atomic E-state index is 12.7. The van der Waals surface area contributed by atoms with Gasteiger partial charge in [0.1, 0.15) is 11.5 Å². The lowest BCUT2D eigenvalue weighted by Gasteiger charge is -2.14. The Morgan fingerprint density at radius 1 is 1.03 bits per heavy atom. The first-order valence-corrected chi connectivity index (χ1v) is 10.9. The highest BCUT2D eigenvalue weighted by atomic mass is 35.5. The van der Waals surface area contributed by atoms with Crippen molar-refractivity contribution < 1.29 is 24.2 Å². The third kappa shape index (κ3) is 6.49. The molecule has 0 aliphatic carbocycles. The molecule has 0 aliphatic rings. The second-order valence-electron chi connectivity index (χ2n) is 7.79. The zero-order valence-corrected chi connectivity index (χ0v) is 19.5. The summed E-state index contributed by atoms with van der Waals surface area (Å²) in [6.45, 7) is 4.06. The van der Waals surface area contributed by atoms with Crippen molar-refractivity contribution in [3.63, 3.8) is 0 Å². The smallest absolute Gasteiger partial charge is 0.307 e. The highest BCUT2D eigenvalue weighted by Crippen LogP contribution is 2.28. The first-order valence-electron chi connectivity index (χ1n) is 10.5. The van der Waals surface area contributed by atoms with E-state index in [9.17, 15) is 9.59 Å². The predicted molar refractivity (Wildman–Crippen MR) is 128 cm³/mol. The molecule has 0 saturated heterocycles. The topological polar surface area (TPSA) is 84.9 Å². The minimum atomic E-state index is -0.882. The van der Waals surface area contributed by atoms with Crippen molar-refractivity contribution in [3.05, 3.63) is 82.4 Å². The molecule has 3 aromatic carbocycles. The SMILES string of the molecule is COc1ccc(-c2cccc(CC(=O)O)c2)cc1CNC(=O)c1ccc(OC(C)C)cc1Cl. The molecule has 6 nitrogen and oxygen atoms in total. The zero-order chi connectivity index (χ0) is 24.0. The van der Waals surface area contributed by atoms with Crippen LogP contribution in [-0.2, 0) is 17.8 Å². The van der Waals surface area contributed by atoms with E-state index < -0.39 is 5.97 Å². The average molecular weight is 468 g/mol. The molecule has 0 saturated carbocycles. The van der Waals surface area contributed by atoms with Gasteiger partial charge in [0.05, 0.1) is 30.2 Å². The number of aliphatic carboxylic acids is 1. The number of benzene rings is 3. The third-order valence-electron chi connectivity index (χ3n) is 4.89. The Hall–Kier alpha value is -3.51. The first kappa shape index (κ1) is 24.1. The quantitative estimate of drug-likeness (QED) is 0.442. The van der Waals surface area contributed by atoms with Crippen LogP contribution in [-0.4, -0.2) is 30.2 Å². The normalized spacial score (nSPS) is 10.7. The molecular formula is C26H26ClNO5. The molecule has 0 bridgehead atoms. The molecular weight excluding hydrogens is 442 g/mol. The van der Waals surface area contributed by atoms with Crippen LogP contribution >= 0.6 is 11.6 Å². The Labute approximate surface area is 198 Å². The van der Waals surface area contributed by atoms with Gasteiger partial charge in [-0.2, -0.15) is 0 Å². The van der Waals surface area contributed by atoms with Gasteiger partial charge in [0.2, 0.25) is 0 Å². The molecule has 0 radical (unpaired) electrons. The number of carboxylic acid groups (broad SMARTS) is 1. The van der Waals surface area contributed by atoms with Crippen molar-refractivity contribution in [2.45, 2.75) is 32.9 Å². The molecule has 0 spiro atoms. The van der Waals surface area contributed by atoms with E-state index in [1.165, 1.54) is 0 Å². The summed E-state index contributed by atoms with van der Waals surface area (Å²) in [5, 5.41) is 12.2. The molecule has 172 valence electrons. The highest BCUT2D eigenvalue weighted by Gasteiger charge is 2.14. The van der Waals surface area contributed by atoms with Crippen LogP contribution in [0, 0.1) is 0 Å². The van der Waals surface area contributed by atoms with Gasteiger partial charge in [0.15, 0.2) is 0 Å². The maximum Gasteiger partial charge on any atom is 0.307 e. The summed E-state index contributed by atoms with van der Waals surface area (Å²) >= 11 is 6.30. The van der Waals surface area contributed by atoms with E-state index in [1.54, 1.807) is 31.4 Å². The number of halogens is 1. The van der Waals surface area contributed by atoms with Crippen LogP contribution in [0.25, 0.3) is 11.1 Å². The third-order valence-corrected chi connectivity index (χ3v) is 5.21. The van der Waals surface area contributed by atoms with E-state index in [1.807, 2.05) is 50.2 Å². The second-order valence-corrected chi connectivity index (χ2v) is 8.20. The molecule has 3 rings (SSSR count). The summed E-state index contributed by atoms with van der Waals surface area (Å²) in [5.41, 5.74) is 3.62. The largest absolute Gasteiger partial charge is 0.496 e. The van der Waals surface area contributed by atoms with E-state index >= 15 is 0 Å². The minimum absolute atomic E-state index is 0.00491. The molecule has 33 heavy (non-hydrogen) atoms. The number of nitrogens with one attached hydrogen (secondary N) is 1. The van der Waals surface area contributed by atoms with E-state index in [4.69, 9.17) is 26.2 Å². The van der Waals surface area contributed by atoms with Crippen molar-refractivity contribution in [1.82, 2.24) is 5.32 Å². The Kier molecular flexibility index (Phi) is 7.96. The molecule has 2 N–H and O–H groups in total. The van der Waals surface area contributed by atoms with Gasteiger partial charge in [-0.05, 0) is 60.9 Å². The highest BCUT2D eigenvalue weighted by molar-refractivity contribution is 6.34. The molecule has 0 aromatic heterocycles. The van der Waals surface area contributed by atoms with Crippen LogP contribution in [0.5, 0.6) is 11.5 Å². The van der Waals surface area contributed by atoms with Crippen molar-refractivity contribution >= 4 is 23.5 Å². The Bertz CT molecular complexity index is 1160. The standard InChI is InChI=1S/C26H26ClNO5/c1-16(2)33-21-8-9-22(23(27)14-21)26(31)28-15-20-13-19(7-10-24(20)32-3)18-6-4-5-17(11-18)12-25(29)30/h4-11,13-14,16H,12,15H2,1-3H3,(H,28,31)(H,29,30). The van der Waals surface area contributed by atoms with Crippen LogP contribution < -0.4 is 14.8 Å². The number of hydrogen-bond donors (Lipinski definition) is 2. The van der Waals surface area contributed by atoms with Crippen molar-refractivity contribution in [3.8, 4) is 22.6 Å². The monoisotopic (exact) mass is 467 g/mol. The van der Waals surface area contributed by atoms with Crippen LogP contribution in [0.2, 0.25) is 5.02 Å². The summed E-state index contributed by atoms with van der Waals surface area (Å²) in [6, 6.07) is 18.0. The fourth-order valence-electron chi connectivity index (χ4n) is 3.43. The fraction of sp³-hybridized carbons (Fsp3) is 0.231. The lowest BCUT2D eigenvalue weighted by atomic mass is 9.99. The van der Waals surface area contributed by atoms with Crippen molar-refractivity contribution in [1.29, 1.82) is 0 Å². The summed E-state index contributed by atoms with van der Waals surface area (Å²) in [7, 11) is 1.57. The van der Waals surface area contributed by atoms with E-state index in [2.05, 4.69) is 5.32 Å². The average Bonchev–Trinajstić information content (AvgIpc) is 2.76. The molecule has 1 amide bonds. The van der Waals surface area contributed by atoms with Crippen LogP contribution in [0.3, 0.4) is 0 Å². The lowest BCUT2D eigenvalue weighted by Crippen LogP contribution is -2.23. The van der Waals surface area contributed by atoms with E-state index in [0.717, 1.165) is 16.7 Å². The van der Waals surface area contributed by atoms with Gasteiger partial charge in [-0.1, -0.05) is 41.9 Å². The summed E-state index contributed by atoms with van der Waals surface area (Å²) < 4.78 is 11.1. The summed E-state index contributed by atoms with van der Waals surface area (Å²) in [5.74, 6) is 0.0401. The van der Waals surface area contributed by atoms with Gasteiger partial charge in [-0.3, -0.25) is 9.59 Å². The van der Waals surface area contributed by atoms with Crippen LogP contribution in [0.4, 0.5) is 0 Å². The molecule has 0 heterocycles. The van der Waals surface area contributed by atoms with Crippen LogP contribution in [0.15, 0.2) is 60.7 Å². The number of carbonyl (C=O) groups excluding carboxylic acids is 1. The van der Waals surface area contributed by atoms with Crippen molar-refractivity contribution in [2.75, 3.05) is 7.11 Å². The number of carbonyl (C=O) groups is 2. The van der Waals surface area contributed by atoms with Crippen LogP contribution in [0.1, 0.15) is 35.3 Å². The molecule has 3 aromatic rings. The van der Waals surface area contributed by atoms with Gasteiger partial charge < -0.3 is 19.9 Å². The number of methoxy groups -OCH3 is 1. The van der Waals surface area contributed by atoms with E-state index in [0.29, 0.717) is 27.6 Å².